The summed E-state index contributed by atoms with van der Waals surface area (Å²) in [6.45, 7) is 0. The molecule has 4 aromatic carbocycles. The molecule has 0 spiro atoms. The van der Waals surface area contributed by atoms with Crippen molar-refractivity contribution in [1.82, 2.24) is 0 Å². The highest BCUT2D eigenvalue weighted by Gasteiger charge is 2.36. The van der Waals surface area contributed by atoms with Gasteiger partial charge in [-0.25, -0.2) is 8.42 Å². The molecule has 0 saturated carbocycles. The Bertz CT molecular complexity index is 1290. The van der Waals surface area contributed by atoms with Gasteiger partial charge >= 0.3 is 0 Å². The van der Waals surface area contributed by atoms with E-state index in [1.165, 1.54) is 36.4 Å². The Balaban J connectivity index is 1.66. The maximum absolute atomic E-state index is 13.0. The Morgan fingerprint density at radius 2 is 0.818 bits per heavy atom. The molecule has 4 aromatic rings. The normalized spacial score (nSPS) is 10.9. The van der Waals surface area contributed by atoms with E-state index in [1.54, 1.807) is 72.8 Å². The molecular weight excluding hydrogens is 440 g/mol. The molecule has 0 aliphatic heterocycles. The Labute approximate surface area is 191 Å². The van der Waals surface area contributed by atoms with E-state index in [4.69, 9.17) is 9.47 Å². The molecule has 0 aliphatic rings. The smallest absolute Gasteiger partial charge is 0.288 e. The molecule has 0 unspecified atom stereocenters. The lowest BCUT2D eigenvalue weighted by Gasteiger charge is -2.12. The highest BCUT2D eigenvalue weighted by atomic mass is 32.2. The monoisotopic (exact) mass is 458 g/mol. The summed E-state index contributed by atoms with van der Waals surface area (Å²) in [4.78, 5) is 26.1. The summed E-state index contributed by atoms with van der Waals surface area (Å²) in [5, 5.41) is -2.71. The van der Waals surface area contributed by atoms with Gasteiger partial charge < -0.3 is 9.47 Å². The summed E-state index contributed by atoms with van der Waals surface area (Å²) in [6.07, 6.45) is 0. The lowest BCUT2D eigenvalue weighted by atomic mass is 10.2. The van der Waals surface area contributed by atoms with Gasteiger partial charge in [0.1, 0.15) is 23.0 Å². The number of hydrogen-bond donors (Lipinski definition) is 0. The van der Waals surface area contributed by atoms with Crippen LogP contribution in [-0.4, -0.2) is 18.6 Å². The van der Waals surface area contributed by atoms with Crippen LogP contribution in [-0.2, 0) is 9.84 Å². The van der Waals surface area contributed by atoms with Gasteiger partial charge in [-0.15, -0.1) is 0 Å². The minimum atomic E-state index is -4.91. The fourth-order valence-electron chi connectivity index (χ4n) is 3.05. The van der Waals surface area contributed by atoms with E-state index in [2.05, 4.69) is 0 Å². The first-order chi connectivity index (χ1) is 16.0. The molecule has 0 fully saturated rings. The molecule has 0 aromatic heterocycles. The SMILES string of the molecule is O=C(c1ccccc1Oc1ccccc1)S(=O)(=O)C(=O)c1ccccc1Oc1ccccc1. The van der Waals surface area contributed by atoms with E-state index < -0.39 is 20.1 Å². The van der Waals surface area contributed by atoms with E-state index in [0.717, 1.165) is 0 Å². The highest BCUT2D eigenvalue weighted by Crippen LogP contribution is 2.30. The number of carbonyl (C=O) groups is 2. The number of sulfone groups is 1. The molecule has 0 heterocycles. The van der Waals surface area contributed by atoms with E-state index in [0.29, 0.717) is 11.5 Å². The summed E-state index contributed by atoms with van der Waals surface area (Å²) >= 11 is 0. The van der Waals surface area contributed by atoms with Crippen LogP contribution in [0, 0.1) is 0 Å². The van der Waals surface area contributed by atoms with E-state index in [-0.39, 0.29) is 22.6 Å². The van der Waals surface area contributed by atoms with Crippen LogP contribution in [0.25, 0.3) is 0 Å². The van der Waals surface area contributed by atoms with Crippen LogP contribution in [0.3, 0.4) is 0 Å². The number of rotatable bonds is 6. The van der Waals surface area contributed by atoms with Crippen LogP contribution in [0.4, 0.5) is 0 Å². The Morgan fingerprint density at radius 1 is 0.485 bits per heavy atom. The van der Waals surface area contributed by atoms with Gasteiger partial charge in [0, 0.05) is 0 Å². The topological polar surface area (TPSA) is 86.7 Å². The Morgan fingerprint density at radius 3 is 1.21 bits per heavy atom. The minimum absolute atomic E-state index is 0.0268. The predicted octanol–water partition coefficient (Wildman–Crippen LogP) is 5.67. The highest BCUT2D eigenvalue weighted by molar-refractivity contribution is 8.19. The molecule has 0 N–H and O–H groups in total. The zero-order valence-electron chi connectivity index (χ0n) is 17.3. The molecule has 0 atom stereocenters. The third kappa shape index (κ3) is 4.83. The zero-order chi connectivity index (χ0) is 23.3. The first kappa shape index (κ1) is 22.0. The second-order valence-corrected chi connectivity index (χ2v) is 8.65. The average Bonchev–Trinajstić information content (AvgIpc) is 2.85. The van der Waals surface area contributed by atoms with Crippen molar-refractivity contribution in [2.24, 2.45) is 0 Å². The maximum Gasteiger partial charge on any atom is 0.288 e. The standard InChI is InChI=1S/C26H18O6S/c27-25(21-15-7-9-17-23(21)31-19-11-3-1-4-12-19)33(29,30)26(28)22-16-8-10-18-24(22)32-20-13-5-2-6-14-20/h1-18H. The average molecular weight is 458 g/mol. The molecule has 164 valence electrons. The van der Waals surface area contributed by atoms with Crippen molar-refractivity contribution in [2.45, 2.75) is 0 Å². The van der Waals surface area contributed by atoms with Gasteiger partial charge in [0.05, 0.1) is 11.1 Å². The van der Waals surface area contributed by atoms with Gasteiger partial charge in [0.25, 0.3) is 20.1 Å². The molecule has 0 radical (unpaired) electrons. The quantitative estimate of drug-likeness (QED) is 0.370. The second kappa shape index (κ2) is 9.50. The predicted molar refractivity (Wildman–Crippen MR) is 123 cm³/mol. The lowest BCUT2D eigenvalue weighted by molar-refractivity contribution is 0.104. The molecule has 0 amide bonds. The minimum Gasteiger partial charge on any atom is -0.457 e. The molecule has 0 bridgehead atoms. The van der Waals surface area contributed by atoms with E-state index in [9.17, 15) is 18.0 Å². The van der Waals surface area contributed by atoms with Gasteiger partial charge in [-0.1, -0.05) is 60.7 Å². The van der Waals surface area contributed by atoms with Gasteiger partial charge in [-0.2, -0.15) is 0 Å². The molecule has 33 heavy (non-hydrogen) atoms. The van der Waals surface area contributed by atoms with Crippen LogP contribution in [0.2, 0.25) is 0 Å². The van der Waals surface area contributed by atoms with Crippen molar-refractivity contribution < 1.29 is 27.5 Å². The van der Waals surface area contributed by atoms with Crippen molar-refractivity contribution in [3.8, 4) is 23.0 Å². The molecule has 7 heteroatoms. The van der Waals surface area contributed by atoms with Crippen LogP contribution >= 0.6 is 0 Å². The molecular formula is C26H18O6S. The largest absolute Gasteiger partial charge is 0.457 e. The number of hydrogen-bond acceptors (Lipinski definition) is 6. The summed E-state index contributed by atoms with van der Waals surface area (Å²) in [7, 11) is -4.91. The first-order valence-corrected chi connectivity index (χ1v) is 11.4. The zero-order valence-corrected chi connectivity index (χ0v) is 18.1. The van der Waals surface area contributed by atoms with Crippen molar-refractivity contribution in [1.29, 1.82) is 0 Å². The summed E-state index contributed by atoms with van der Waals surface area (Å²) < 4.78 is 37.4. The third-order valence-electron chi connectivity index (χ3n) is 4.64. The first-order valence-electron chi connectivity index (χ1n) is 9.94. The number of para-hydroxylation sites is 4. The van der Waals surface area contributed by atoms with Crippen molar-refractivity contribution in [2.75, 3.05) is 0 Å². The lowest BCUT2D eigenvalue weighted by Crippen LogP contribution is -2.25. The molecule has 6 nitrogen and oxygen atoms in total. The number of ether oxygens (including phenoxy) is 2. The van der Waals surface area contributed by atoms with E-state index >= 15 is 0 Å². The van der Waals surface area contributed by atoms with Crippen molar-refractivity contribution in [3.63, 3.8) is 0 Å². The summed E-state index contributed by atoms with van der Waals surface area (Å²) in [5.74, 6) is 0.893. The maximum atomic E-state index is 13.0. The van der Waals surface area contributed by atoms with Crippen molar-refractivity contribution >= 4 is 20.1 Å². The van der Waals surface area contributed by atoms with Crippen LogP contribution in [0.15, 0.2) is 109 Å². The van der Waals surface area contributed by atoms with Gasteiger partial charge in [-0.3, -0.25) is 9.59 Å². The Kier molecular flexibility index (Phi) is 6.33. The fraction of sp³-hybridized carbons (Fsp3) is 0. The van der Waals surface area contributed by atoms with Gasteiger partial charge in [0.15, 0.2) is 0 Å². The summed E-state index contributed by atoms with van der Waals surface area (Å²) in [6, 6.07) is 28.9. The Hall–Kier alpha value is -4.23. The third-order valence-corrected chi connectivity index (χ3v) is 6.06. The van der Waals surface area contributed by atoms with Crippen LogP contribution in [0.5, 0.6) is 23.0 Å². The molecule has 0 saturated heterocycles. The number of benzene rings is 4. The second-order valence-electron chi connectivity index (χ2n) is 6.90. The van der Waals surface area contributed by atoms with Crippen LogP contribution in [0.1, 0.15) is 20.7 Å². The number of carbonyl (C=O) groups excluding carboxylic acids is 2. The van der Waals surface area contributed by atoms with Crippen LogP contribution < -0.4 is 9.47 Å². The fourth-order valence-corrected chi connectivity index (χ4v) is 4.14. The van der Waals surface area contributed by atoms with E-state index in [1.807, 2.05) is 0 Å². The van der Waals surface area contributed by atoms with Crippen molar-refractivity contribution in [3.05, 3.63) is 120 Å². The molecule has 4 rings (SSSR count). The van der Waals surface area contributed by atoms with Gasteiger partial charge in [0.2, 0.25) is 0 Å². The van der Waals surface area contributed by atoms with Gasteiger partial charge in [-0.05, 0) is 48.5 Å². The molecule has 0 aliphatic carbocycles. The summed E-state index contributed by atoms with van der Waals surface area (Å²) in [5.41, 5.74) is -0.479.